The molecule has 1 amide bonds. The van der Waals surface area contributed by atoms with Crippen LogP contribution in [0, 0.1) is 0 Å². The second-order valence-corrected chi connectivity index (χ2v) is 5.11. The van der Waals surface area contributed by atoms with Crippen LogP contribution in [-0.4, -0.2) is 44.5 Å². The minimum Gasteiger partial charge on any atom is -0.364 e. The number of nitrogens with zero attached hydrogens (tertiary/aromatic N) is 2. The predicted octanol–water partition coefficient (Wildman–Crippen LogP) is 2.36. The molecule has 0 aliphatic heterocycles. The second kappa shape index (κ2) is 8.12. The van der Waals surface area contributed by atoms with E-state index in [1.165, 1.54) is 0 Å². The summed E-state index contributed by atoms with van der Waals surface area (Å²) in [6.45, 7) is 6.50. The Labute approximate surface area is 126 Å². The first-order chi connectivity index (χ1) is 9.54. The molecule has 0 radical (unpaired) electrons. The summed E-state index contributed by atoms with van der Waals surface area (Å²) in [5, 5.41) is 3.80. The molecular weight excluding hydrogens is 274 g/mol. The van der Waals surface area contributed by atoms with Crippen molar-refractivity contribution < 1.29 is 4.79 Å². The minimum atomic E-state index is 0.118. The molecule has 0 aliphatic carbocycles. The van der Waals surface area contributed by atoms with Crippen molar-refractivity contribution in [1.29, 1.82) is 0 Å². The number of rotatable bonds is 7. The van der Waals surface area contributed by atoms with Crippen LogP contribution in [0.5, 0.6) is 0 Å². The third-order valence-corrected chi connectivity index (χ3v) is 3.61. The van der Waals surface area contributed by atoms with Gasteiger partial charge in [0.15, 0.2) is 0 Å². The van der Waals surface area contributed by atoms with E-state index in [1.807, 2.05) is 55.9 Å². The van der Waals surface area contributed by atoms with Crippen LogP contribution in [0.3, 0.4) is 0 Å². The molecule has 1 aromatic rings. The minimum absolute atomic E-state index is 0.118. The third-order valence-electron chi connectivity index (χ3n) is 3.31. The first-order valence-corrected chi connectivity index (χ1v) is 7.33. The van der Waals surface area contributed by atoms with Gasteiger partial charge >= 0.3 is 0 Å². The van der Waals surface area contributed by atoms with Crippen LogP contribution in [0.15, 0.2) is 18.2 Å². The summed E-state index contributed by atoms with van der Waals surface area (Å²) in [6, 6.07) is 5.81. The summed E-state index contributed by atoms with van der Waals surface area (Å²) < 4.78 is 0. The van der Waals surface area contributed by atoms with E-state index in [-0.39, 0.29) is 5.91 Å². The maximum absolute atomic E-state index is 12.2. The van der Waals surface area contributed by atoms with Crippen molar-refractivity contribution >= 4 is 23.2 Å². The lowest BCUT2D eigenvalue weighted by atomic mass is 10.1. The first kappa shape index (κ1) is 16.8. The zero-order valence-electron chi connectivity index (χ0n) is 12.7. The van der Waals surface area contributed by atoms with Crippen molar-refractivity contribution in [3.8, 4) is 0 Å². The molecule has 5 heteroatoms. The number of amides is 1. The highest BCUT2D eigenvalue weighted by Crippen LogP contribution is 2.29. The second-order valence-electron chi connectivity index (χ2n) is 4.70. The highest BCUT2D eigenvalue weighted by molar-refractivity contribution is 6.33. The molecule has 0 bridgehead atoms. The average molecular weight is 298 g/mol. The highest BCUT2D eigenvalue weighted by Gasteiger charge is 2.16. The Morgan fingerprint density at radius 3 is 2.50 bits per heavy atom. The molecule has 0 saturated heterocycles. The average Bonchev–Trinajstić information content (AvgIpc) is 2.40. The Bertz CT molecular complexity index is 447. The summed E-state index contributed by atoms with van der Waals surface area (Å²) in [4.78, 5) is 15.9. The van der Waals surface area contributed by atoms with Crippen molar-refractivity contribution in [3.63, 3.8) is 0 Å². The fourth-order valence-electron chi connectivity index (χ4n) is 2.28. The number of nitrogens with one attached hydrogen (secondary N) is 1. The molecule has 0 spiro atoms. The van der Waals surface area contributed by atoms with Crippen LogP contribution in [0.1, 0.15) is 19.4 Å². The number of halogens is 1. The Kier molecular flexibility index (Phi) is 6.82. The number of carbonyl (C=O) groups is 1. The lowest BCUT2D eigenvalue weighted by Gasteiger charge is -2.26. The van der Waals surface area contributed by atoms with Crippen LogP contribution in [0.4, 0.5) is 5.69 Å². The van der Waals surface area contributed by atoms with Gasteiger partial charge in [0.1, 0.15) is 0 Å². The van der Waals surface area contributed by atoms with Crippen LogP contribution in [0.25, 0.3) is 0 Å². The van der Waals surface area contributed by atoms with Gasteiger partial charge in [-0.2, -0.15) is 0 Å². The molecule has 20 heavy (non-hydrogen) atoms. The summed E-state index contributed by atoms with van der Waals surface area (Å²) in [5.74, 6) is 0.118. The lowest BCUT2D eigenvalue weighted by molar-refractivity contribution is -0.129. The van der Waals surface area contributed by atoms with Crippen LogP contribution in [0.2, 0.25) is 5.02 Å². The third kappa shape index (κ3) is 4.12. The van der Waals surface area contributed by atoms with Gasteiger partial charge < -0.3 is 15.1 Å². The highest BCUT2D eigenvalue weighted by atomic mass is 35.5. The standard InChI is InChI=1S/C15H24ClN3O/c1-5-19(6-2)14(20)11-18(4)15-12(10-17-3)8-7-9-13(15)16/h7-9,17H,5-6,10-11H2,1-4H3. The number of hydrogen-bond acceptors (Lipinski definition) is 3. The molecule has 0 atom stereocenters. The van der Waals surface area contributed by atoms with Gasteiger partial charge in [0.2, 0.25) is 5.91 Å². The molecule has 0 fully saturated rings. The van der Waals surface area contributed by atoms with Gasteiger partial charge in [-0.15, -0.1) is 0 Å². The van der Waals surface area contributed by atoms with E-state index in [4.69, 9.17) is 11.6 Å². The van der Waals surface area contributed by atoms with Gasteiger partial charge in [-0.3, -0.25) is 4.79 Å². The number of carbonyl (C=O) groups excluding carboxylic acids is 1. The van der Waals surface area contributed by atoms with Crippen molar-refractivity contribution in [2.45, 2.75) is 20.4 Å². The molecule has 1 aromatic carbocycles. The van der Waals surface area contributed by atoms with Gasteiger partial charge in [-0.05, 0) is 32.5 Å². The number of likely N-dealkylation sites (N-methyl/N-ethyl adjacent to an activating group) is 2. The van der Waals surface area contributed by atoms with E-state index in [0.717, 1.165) is 30.9 Å². The van der Waals surface area contributed by atoms with E-state index >= 15 is 0 Å². The van der Waals surface area contributed by atoms with E-state index in [0.29, 0.717) is 11.6 Å². The van der Waals surface area contributed by atoms with Gasteiger partial charge in [0.05, 0.1) is 17.3 Å². The number of hydrogen-bond donors (Lipinski definition) is 1. The molecule has 0 aliphatic rings. The Morgan fingerprint density at radius 2 is 1.95 bits per heavy atom. The summed E-state index contributed by atoms with van der Waals surface area (Å²) in [7, 11) is 3.80. The molecule has 4 nitrogen and oxygen atoms in total. The van der Waals surface area contributed by atoms with Crippen LogP contribution >= 0.6 is 11.6 Å². The monoisotopic (exact) mass is 297 g/mol. The van der Waals surface area contributed by atoms with Crippen LogP contribution in [-0.2, 0) is 11.3 Å². The summed E-state index contributed by atoms with van der Waals surface area (Å²) in [5.41, 5.74) is 2.01. The van der Waals surface area contributed by atoms with Crippen molar-refractivity contribution in [2.75, 3.05) is 38.6 Å². The number of para-hydroxylation sites is 1. The van der Waals surface area contributed by atoms with Gasteiger partial charge in [-0.1, -0.05) is 23.7 Å². The van der Waals surface area contributed by atoms with E-state index in [2.05, 4.69) is 5.32 Å². The normalized spacial score (nSPS) is 10.4. The zero-order valence-corrected chi connectivity index (χ0v) is 13.5. The molecule has 0 unspecified atom stereocenters. The number of anilines is 1. The van der Waals surface area contributed by atoms with E-state index in [1.54, 1.807) is 0 Å². The van der Waals surface area contributed by atoms with Gasteiger partial charge in [-0.25, -0.2) is 0 Å². The Hall–Kier alpha value is -1.26. The number of benzene rings is 1. The zero-order chi connectivity index (χ0) is 15.1. The molecule has 1 N–H and O–H groups in total. The topological polar surface area (TPSA) is 35.6 Å². The largest absolute Gasteiger partial charge is 0.364 e. The van der Waals surface area contributed by atoms with Crippen LogP contribution < -0.4 is 10.2 Å². The Morgan fingerprint density at radius 1 is 1.30 bits per heavy atom. The van der Waals surface area contributed by atoms with Crippen molar-refractivity contribution in [1.82, 2.24) is 10.2 Å². The molecule has 0 heterocycles. The Balaban J connectivity index is 2.91. The molecular formula is C15H24ClN3O. The van der Waals surface area contributed by atoms with Gasteiger partial charge in [0.25, 0.3) is 0 Å². The van der Waals surface area contributed by atoms with E-state index < -0.39 is 0 Å². The SMILES string of the molecule is CCN(CC)C(=O)CN(C)c1c(Cl)cccc1CNC. The quantitative estimate of drug-likeness (QED) is 0.839. The van der Waals surface area contributed by atoms with Crippen molar-refractivity contribution in [2.24, 2.45) is 0 Å². The smallest absolute Gasteiger partial charge is 0.242 e. The molecule has 112 valence electrons. The molecule has 0 aromatic heterocycles. The fourth-order valence-corrected chi connectivity index (χ4v) is 2.62. The summed E-state index contributed by atoms with van der Waals surface area (Å²) >= 11 is 6.30. The van der Waals surface area contributed by atoms with Crippen molar-refractivity contribution in [3.05, 3.63) is 28.8 Å². The molecule has 0 saturated carbocycles. The predicted molar refractivity (Wildman–Crippen MR) is 85.4 cm³/mol. The molecule has 1 rings (SSSR count). The van der Waals surface area contributed by atoms with E-state index in [9.17, 15) is 4.79 Å². The summed E-state index contributed by atoms with van der Waals surface area (Å²) in [6.07, 6.45) is 0. The fraction of sp³-hybridized carbons (Fsp3) is 0.533. The lowest BCUT2D eigenvalue weighted by Crippen LogP contribution is -2.39. The van der Waals surface area contributed by atoms with Gasteiger partial charge in [0, 0.05) is 26.7 Å². The maximum atomic E-state index is 12.2. The first-order valence-electron chi connectivity index (χ1n) is 6.96. The maximum Gasteiger partial charge on any atom is 0.242 e.